The van der Waals surface area contributed by atoms with Crippen molar-refractivity contribution < 1.29 is 0 Å². The highest BCUT2D eigenvalue weighted by Gasteiger charge is 2.04. The number of fused-ring (bicyclic) bond motifs is 1. The number of hydrogen-bond acceptors (Lipinski definition) is 3. The second-order valence-electron chi connectivity index (χ2n) is 4.52. The summed E-state index contributed by atoms with van der Waals surface area (Å²) >= 11 is 0. The molecule has 1 aromatic heterocycles. The third-order valence-corrected chi connectivity index (χ3v) is 2.79. The molecule has 4 heteroatoms. The molecule has 100 valence electrons. The molecule has 0 bridgehead atoms. The molecule has 0 aliphatic carbocycles. The summed E-state index contributed by atoms with van der Waals surface area (Å²) in [5, 5.41) is 14.8. The molecule has 0 aliphatic heterocycles. The highest BCUT2D eigenvalue weighted by atomic mass is 15.2. The number of nitrogens with one attached hydrogen (secondary N) is 3. The predicted octanol–water partition coefficient (Wildman–Crippen LogP) is 3.39. The van der Waals surface area contributed by atoms with E-state index >= 15 is 0 Å². The molecule has 0 atom stereocenters. The first kappa shape index (κ1) is 13.2. The average Bonchev–Trinajstić information content (AvgIpc) is 2.80. The van der Waals surface area contributed by atoms with E-state index in [-0.39, 0.29) is 0 Å². The fraction of sp³-hybridized carbons (Fsp3) is 0.267. The van der Waals surface area contributed by atoms with Crippen molar-refractivity contribution in [3.63, 3.8) is 0 Å². The normalized spacial score (nSPS) is 11.6. The van der Waals surface area contributed by atoms with Crippen LogP contribution in [0.1, 0.15) is 20.3 Å². The molecule has 0 amide bonds. The summed E-state index contributed by atoms with van der Waals surface area (Å²) in [5.74, 6) is 0.806. The molecule has 0 fully saturated rings. The Bertz CT molecular complexity index is 595. The molecule has 2 aromatic rings. The summed E-state index contributed by atoms with van der Waals surface area (Å²) in [4.78, 5) is 0. The van der Waals surface area contributed by atoms with Gasteiger partial charge in [0.25, 0.3) is 0 Å². The zero-order chi connectivity index (χ0) is 13.7. The van der Waals surface area contributed by atoms with Crippen LogP contribution >= 0.6 is 0 Å². The fourth-order valence-electron chi connectivity index (χ4n) is 1.88. The summed E-state index contributed by atoms with van der Waals surface area (Å²) in [6.07, 6.45) is 3.09. The Labute approximate surface area is 113 Å². The molecule has 3 N–H and O–H groups in total. The maximum atomic E-state index is 4.26. The predicted molar refractivity (Wildman–Crippen MR) is 80.9 cm³/mol. The number of rotatable bonds is 6. The molecule has 1 heterocycles. The van der Waals surface area contributed by atoms with Gasteiger partial charge in [-0.25, -0.2) is 0 Å². The third kappa shape index (κ3) is 3.37. The summed E-state index contributed by atoms with van der Waals surface area (Å²) in [7, 11) is 0. The number of H-pyrrole nitrogens is 1. The highest BCUT2D eigenvalue weighted by Crippen LogP contribution is 2.20. The summed E-state index contributed by atoms with van der Waals surface area (Å²) < 4.78 is 0. The second kappa shape index (κ2) is 6.09. The van der Waals surface area contributed by atoms with Gasteiger partial charge in [-0.05, 0) is 31.6 Å². The van der Waals surface area contributed by atoms with Crippen LogP contribution in [0.2, 0.25) is 0 Å². The lowest BCUT2D eigenvalue weighted by Crippen LogP contribution is -2.12. The van der Waals surface area contributed by atoms with Crippen molar-refractivity contribution in [2.75, 3.05) is 11.9 Å². The van der Waals surface area contributed by atoms with E-state index in [4.69, 9.17) is 0 Å². The summed E-state index contributed by atoms with van der Waals surface area (Å²) in [5.41, 5.74) is 2.93. The van der Waals surface area contributed by atoms with Gasteiger partial charge in [0.1, 0.15) is 0 Å². The van der Waals surface area contributed by atoms with Crippen LogP contribution in [-0.2, 0) is 0 Å². The van der Waals surface area contributed by atoms with Crippen molar-refractivity contribution in [3.05, 3.63) is 48.3 Å². The highest BCUT2D eigenvalue weighted by molar-refractivity contribution is 5.90. The van der Waals surface area contributed by atoms with Gasteiger partial charge in [-0.15, -0.1) is 0 Å². The van der Waals surface area contributed by atoms with E-state index in [2.05, 4.69) is 34.3 Å². The number of anilines is 1. The monoisotopic (exact) mass is 256 g/mol. The van der Waals surface area contributed by atoms with Gasteiger partial charge in [0.05, 0.1) is 5.52 Å². The van der Waals surface area contributed by atoms with E-state index in [1.54, 1.807) is 0 Å². The van der Waals surface area contributed by atoms with Gasteiger partial charge in [0.2, 0.25) is 0 Å². The lowest BCUT2D eigenvalue weighted by atomic mass is 10.2. The van der Waals surface area contributed by atoms with Gasteiger partial charge in [-0.3, -0.25) is 5.10 Å². The molecular formula is C15H20N4. The minimum atomic E-state index is 0.806. The Hall–Kier alpha value is -2.23. The number of allylic oxidation sites excluding steroid dienone is 2. The van der Waals surface area contributed by atoms with Crippen molar-refractivity contribution in [1.82, 2.24) is 15.5 Å². The van der Waals surface area contributed by atoms with Crippen LogP contribution in [0.4, 0.5) is 5.82 Å². The number of para-hydroxylation sites is 1. The smallest absolute Gasteiger partial charge is 0.160 e. The van der Waals surface area contributed by atoms with Gasteiger partial charge in [0.15, 0.2) is 5.82 Å². The Kier molecular flexibility index (Phi) is 4.23. The zero-order valence-corrected chi connectivity index (χ0v) is 11.5. The lowest BCUT2D eigenvalue weighted by molar-refractivity contribution is 0.769. The van der Waals surface area contributed by atoms with Crippen LogP contribution in [0.25, 0.3) is 10.9 Å². The fourth-order valence-corrected chi connectivity index (χ4v) is 1.88. The molecule has 0 saturated carbocycles. The second-order valence-corrected chi connectivity index (χ2v) is 4.52. The average molecular weight is 256 g/mol. The molecule has 0 aliphatic rings. The quantitative estimate of drug-likeness (QED) is 0.694. The van der Waals surface area contributed by atoms with Crippen LogP contribution in [0.15, 0.2) is 48.3 Å². The van der Waals surface area contributed by atoms with E-state index in [0.29, 0.717) is 0 Å². The molecule has 0 saturated heterocycles. The SMILES string of the molecule is C=C(/C=C(/C)NCCC)Nc1n[nH]c2ccccc12. The summed E-state index contributed by atoms with van der Waals surface area (Å²) in [6.45, 7) is 9.15. The first-order valence-corrected chi connectivity index (χ1v) is 6.52. The number of benzene rings is 1. The number of aromatic nitrogens is 2. The molecule has 0 spiro atoms. The Morgan fingerprint density at radius 3 is 3.00 bits per heavy atom. The minimum Gasteiger partial charge on any atom is -0.389 e. The minimum absolute atomic E-state index is 0.806. The maximum Gasteiger partial charge on any atom is 0.160 e. The van der Waals surface area contributed by atoms with E-state index in [1.807, 2.05) is 37.3 Å². The van der Waals surface area contributed by atoms with Gasteiger partial charge in [0, 0.05) is 23.3 Å². The van der Waals surface area contributed by atoms with Crippen LogP contribution in [0.3, 0.4) is 0 Å². The van der Waals surface area contributed by atoms with E-state index in [1.165, 1.54) is 0 Å². The van der Waals surface area contributed by atoms with E-state index < -0.39 is 0 Å². The lowest BCUT2D eigenvalue weighted by Gasteiger charge is -2.07. The van der Waals surface area contributed by atoms with Crippen LogP contribution < -0.4 is 10.6 Å². The number of hydrogen-bond donors (Lipinski definition) is 3. The van der Waals surface area contributed by atoms with Crippen molar-refractivity contribution in [1.29, 1.82) is 0 Å². The molecule has 0 unspecified atom stereocenters. The first-order chi connectivity index (χ1) is 9.20. The summed E-state index contributed by atoms with van der Waals surface area (Å²) in [6, 6.07) is 8.01. The largest absolute Gasteiger partial charge is 0.389 e. The number of aromatic amines is 1. The van der Waals surface area contributed by atoms with Crippen molar-refractivity contribution in [3.8, 4) is 0 Å². The van der Waals surface area contributed by atoms with Crippen molar-refractivity contribution in [2.24, 2.45) is 0 Å². The van der Waals surface area contributed by atoms with Crippen molar-refractivity contribution in [2.45, 2.75) is 20.3 Å². The van der Waals surface area contributed by atoms with Gasteiger partial charge < -0.3 is 10.6 Å². The molecular weight excluding hydrogens is 236 g/mol. The third-order valence-electron chi connectivity index (χ3n) is 2.79. The number of nitrogens with zero attached hydrogens (tertiary/aromatic N) is 1. The molecule has 4 nitrogen and oxygen atoms in total. The molecule has 19 heavy (non-hydrogen) atoms. The molecule has 1 aromatic carbocycles. The zero-order valence-electron chi connectivity index (χ0n) is 11.5. The Morgan fingerprint density at radius 2 is 2.21 bits per heavy atom. The van der Waals surface area contributed by atoms with Crippen LogP contribution in [-0.4, -0.2) is 16.7 Å². The van der Waals surface area contributed by atoms with Gasteiger partial charge >= 0.3 is 0 Å². The topological polar surface area (TPSA) is 52.7 Å². The van der Waals surface area contributed by atoms with E-state index in [9.17, 15) is 0 Å². The van der Waals surface area contributed by atoms with Gasteiger partial charge in [-0.1, -0.05) is 25.6 Å². The molecule has 0 radical (unpaired) electrons. The molecule has 2 rings (SSSR count). The van der Waals surface area contributed by atoms with Crippen molar-refractivity contribution >= 4 is 16.7 Å². The standard InChI is InChI=1S/C15H20N4/c1-4-9-16-11(2)10-12(3)17-15-13-7-5-6-8-14(13)18-19-15/h5-8,10,16H,3-4,9H2,1-2H3,(H2,17,18,19)/b11-10-. The van der Waals surface area contributed by atoms with Gasteiger partial charge in [-0.2, -0.15) is 5.10 Å². The van der Waals surface area contributed by atoms with E-state index in [0.717, 1.165) is 41.1 Å². The first-order valence-electron chi connectivity index (χ1n) is 6.52. The maximum absolute atomic E-state index is 4.26. The van der Waals surface area contributed by atoms with Crippen LogP contribution in [0, 0.1) is 0 Å². The Balaban J connectivity index is 2.06. The van der Waals surface area contributed by atoms with Crippen LogP contribution in [0.5, 0.6) is 0 Å². The Morgan fingerprint density at radius 1 is 1.42 bits per heavy atom.